The second-order valence-corrected chi connectivity index (χ2v) is 5.04. The molecule has 130 valence electrons. The SMILES string of the molecule is CC(=O)O[C@@H]1O[C@H]([C@H](C)OC(C)=O)[C@@H](OC(C)=O)[C@@H]1OC(C)=O. The Labute approximate surface area is 133 Å². The molecule has 0 amide bonds. The van der Waals surface area contributed by atoms with Crippen molar-refractivity contribution in [2.24, 2.45) is 0 Å². The van der Waals surface area contributed by atoms with E-state index < -0.39 is 54.6 Å². The number of ether oxygens (including phenoxy) is 5. The van der Waals surface area contributed by atoms with Gasteiger partial charge < -0.3 is 23.7 Å². The summed E-state index contributed by atoms with van der Waals surface area (Å²) in [5, 5.41) is 0. The van der Waals surface area contributed by atoms with Crippen LogP contribution in [-0.4, -0.2) is 54.6 Å². The van der Waals surface area contributed by atoms with Crippen LogP contribution in [0, 0.1) is 0 Å². The third-order valence-corrected chi connectivity index (χ3v) is 2.91. The van der Waals surface area contributed by atoms with Crippen molar-refractivity contribution in [3.8, 4) is 0 Å². The van der Waals surface area contributed by atoms with E-state index in [0.29, 0.717) is 0 Å². The molecule has 0 bridgehead atoms. The molecule has 0 saturated carbocycles. The van der Waals surface area contributed by atoms with Gasteiger partial charge in [0.2, 0.25) is 12.4 Å². The topological polar surface area (TPSA) is 114 Å². The standard InChI is InChI=1S/C14H20O9/c1-6(19-7(2)15)11-12(20-8(3)16)13(21-9(4)17)14(23-11)22-10(5)18/h6,11-14H,1-5H3/t6-,11+,12+,13-,14+/m0/s1. The Morgan fingerprint density at radius 3 is 1.70 bits per heavy atom. The normalized spacial score (nSPS) is 27.7. The number of hydrogen-bond acceptors (Lipinski definition) is 9. The van der Waals surface area contributed by atoms with Crippen LogP contribution in [0.3, 0.4) is 0 Å². The molecule has 1 saturated heterocycles. The number of rotatable bonds is 5. The molecule has 23 heavy (non-hydrogen) atoms. The molecule has 0 N–H and O–H groups in total. The molecule has 0 radical (unpaired) electrons. The summed E-state index contributed by atoms with van der Waals surface area (Å²) in [4.78, 5) is 44.9. The molecule has 0 aliphatic carbocycles. The van der Waals surface area contributed by atoms with Crippen LogP contribution >= 0.6 is 0 Å². The van der Waals surface area contributed by atoms with Gasteiger partial charge in [-0.05, 0) is 6.92 Å². The van der Waals surface area contributed by atoms with Crippen molar-refractivity contribution in [1.29, 1.82) is 0 Å². The second kappa shape index (κ2) is 7.91. The van der Waals surface area contributed by atoms with Crippen LogP contribution in [0.15, 0.2) is 0 Å². The second-order valence-electron chi connectivity index (χ2n) is 5.04. The molecule has 1 fully saturated rings. The van der Waals surface area contributed by atoms with Gasteiger partial charge in [0.1, 0.15) is 12.2 Å². The Bertz CT molecular complexity index is 487. The lowest BCUT2D eigenvalue weighted by atomic mass is 10.1. The molecule has 9 heteroatoms. The Balaban J connectivity index is 3.06. The van der Waals surface area contributed by atoms with E-state index in [-0.39, 0.29) is 0 Å². The molecule has 1 aliphatic heterocycles. The van der Waals surface area contributed by atoms with Gasteiger partial charge in [0, 0.05) is 27.7 Å². The summed E-state index contributed by atoms with van der Waals surface area (Å²) >= 11 is 0. The van der Waals surface area contributed by atoms with Gasteiger partial charge in [0.25, 0.3) is 0 Å². The Morgan fingerprint density at radius 1 is 0.783 bits per heavy atom. The molecule has 0 unspecified atom stereocenters. The third kappa shape index (κ3) is 5.51. The first-order valence-electron chi connectivity index (χ1n) is 6.96. The number of esters is 4. The van der Waals surface area contributed by atoms with Crippen molar-refractivity contribution in [2.75, 3.05) is 0 Å². The van der Waals surface area contributed by atoms with Gasteiger partial charge in [0.05, 0.1) is 0 Å². The Kier molecular flexibility index (Phi) is 6.49. The monoisotopic (exact) mass is 332 g/mol. The number of hydrogen-bond donors (Lipinski definition) is 0. The first-order valence-corrected chi connectivity index (χ1v) is 6.96. The van der Waals surface area contributed by atoms with Crippen LogP contribution in [0.2, 0.25) is 0 Å². The van der Waals surface area contributed by atoms with Gasteiger partial charge in [-0.25, -0.2) is 0 Å². The zero-order valence-electron chi connectivity index (χ0n) is 13.6. The summed E-state index contributed by atoms with van der Waals surface area (Å²) in [7, 11) is 0. The molecule has 0 spiro atoms. The van der Waals surface area contributed by atoms with Crippen LogP contribution in [0.5, 0.6) is 0 Å². The minimum absolute atomic E-state index is 0.567. The largest absolute Gasteiger partial charge is 0.460 e. The fourth-order valence-electron chi connectivity index (χ4n) is 2.26. The number of carbonyl (C=O) groups excluding carboxylic acids is 4. The third-order valence-electron chi connectivity index (χ3n) is 2.91. The minimum atomic E-state index is -1.27. The molecule has 0 aromatic heterocycles. The first-order chi connectivity index (χ1) is 10.6. The lowest BCUT2D eigenvalue weighted by Gasteiger charge is -2.25. The fourth-order valence-corrected chi connectivity index (χ4v) is 2.26. The van der Waals surface area contributed by atoms with Crippen molar-refractivity contribution in [2.45, 2.75) is 65.3 Å². The van der Waals surface area contributed by atoms with Gasteiger partial charge in [-0.2, -0.15) is 0 Å². The highest BCUT2D eigenvalue weighted by Gasteiger charge is 2.53. The molecule has 1 heterocycles. The lowest BCUT2D eigenvalue weighted by Crippen LogP contribution is -2.44. The average Bonchev–Trinajstić information content (AvgIpc) is 2.65. The first kappa shape index (κ1) is 18.9. The van der Waals surface area contributed by atoms with E-state index in [0.717, 1.165) is 20.8 Å². The smallest absolute Gasteiger partial charge is 0.305 e. The summed E-state index contributed by atoms with van der Waals surface area (Å²) in [6, 6.07) is 0. The number of carbonyl (C=O) groups is 4. The van der Waals surface area contributed by atoms with Crippen molar-refractivity contribution in [1.82, 2.24) is 0 Å². The molecule has 9 nitrogen and oxygen atoms in total. The molecular weight excluding hydrogens is 312 g/mol. The van der Waals surface area contributed by atoms with Crippen molar-refractivity contribution >= 4 is 23.9 Å². The lowest BCUT2D eigenvalue weighted by molar-refractivity contribution is -0.200. The van der Waals surface area contributed by atoms with Gasteiger partial charge >= 0.3 is 23.9 Å². The van der Waals surface area contributed by atoms with E-state index in [2.05, 4.69) is 0 Å². The van der Waals surface area contributed by atoms with Crippen LogP contribution in [0.4, 0.5) is 0 Å². The van der Waals surface area contributed by atoms with Crippen molar-refractivity contribution in [3.63, 3.8) is 0 Å². The average molecular weight is 332 g/mol. The Morgan fingerprint density at radius 2 is 1.26 bits per heavy atom. The van der Waals surface area contributed by atoms with Gasteiger partial charge in [0.15, 0.2) is 6.10 Å². The van der Waals surface area contributed by atoms with E-state index in [1.165, 1.54) is 13.8 Å². The van der Waals surface area contributed by atoms with Crippen molar-refractivity contribution < 1.29 is 42.9 Å². The van der Waals surface area contributed by atoms with Crippen LogP contribution in [0.25, 0.3) is 0 Å². The van der Waals surface area contributed by atoms with E-state index in [1.807, 2.05) is 0 Å². The predicted molar refractivity (Wildman–Crippen MR) is 72.8 cm³/mol. The molecule has 0 aromatic carbocycles. The highest BCUT2D eigenvalue weighted by Crippen LogP contribution is 2.31. The summed E-state index contributed by atoms with van der Waals surface area (Å²) in [5.41, 5.74) is 0. The van der Waals surface area contributed by atoms with Gasteiger partial charge in [-0.15, -0.1) is 0 Å². The maximum Gasteiger partial charge on any atom is 0.305 e. The van der Waals surface area contributed by atoms with Gasteiger partial charge in [-0.1, -0.05) is 0 Å². The molecule has 1 aliphatic rings. The summed E-state index contributed by atoms with van der Waals surface area (Å²) in [5.74, 6) is -2.56. The quantitative estimate of drug-likeness (QED) is 0.510. The molecule has 5 atom stereocenters. The highest BCUT2D eigenvalue weighted by molar-refractivity contribution is 5.68. The van der Waals surface area contributed by atoms with Crippen molar-refractivity contribution in [3.05, 3.63) is 0 Å². The zero-order chi connectivity index (χ0) is 17.7. The van der Waals surface area contributed by atoms with Crippen LogP contribution in [0.1, 0.15) is 34.6 Å². The summed E-state index contributed by atoms with van der Waals surface area (Å²) < 4.78 is 25.6. The maximum absolute atomic E-state index is 11.3. The fraction of sp³-hybridized carbons (Fsp3) is 0.714. The molecular formula is C14H20O9. The minimum Gasteiger partial charge on any atom is -0.460 e. The predicted octanol–water partition coefficient (Wildman–Crippen LogP) is 0.0894. The van der Waals surface area contributed by atoms with E-state index >= 15 is 0 Å². The maximum atomic E-state index is 11.3. The Hall–Kier alpha value is -2.16. The van der Waals surface area contributed by atoms with Gasteiger partial charge in [-0.3, -0.25) is 19.2 Å². The summed E-state index contributed by atoms with van der Waals surface area (Å²) in [6.07, 6.45) is -5.31. The zero-order valence-corrected chi connectivity index (χ0v) is 13.6. The van der Waals surface area contributed by atoms with E-state index in [1.54, 1.807) is 0 Å². The van der Waals surface area contributed by atoms with Crippen LogP contribution < -0.4 is 0 Å². The van der Waals surface area contributed by atoms with E-state index in [9.17, 15) is 19.2 Å². The molecule has 0 aromatic rings. The highest BCUT2D eigenvalue weighted by atomic mass is 16.8. The van der Waals surface area contributed by atoms with Crippen LogP contribution in [-0.2, 0) is 42.9 Å². The van der Waals surface area contributed by atoms with E-state index in [4.69, 9.17) is 23.7 Å². The molecule has 1 rings (SSSR count). The summed E-state index contributed by atoms with van der Waals surface area (Å²) in [6.45, 7) is 6.19.